The van der Waals surface area contributed by atoms with Crippen LogP contribution in [0.25, 0.3) is 56.0 Å². The van der Waals surface area contributed by atoms with Gasteiger partial charge in [0.05, 0.1) is 0 Å². The van der Waals surface area contributed by atoms with Crippen LogP contribution in [0, 0.1) is 0 Å². The van der Waals surface area contributed by atoms with Crippen LogP contribution in [0.5, 0.6) is 0 Å². The van der Waals surface area contributed by atoms with Crippen molar-refractivity contribution in [2.24, 2.45) is 0 Å². The lowest BCUT2D eigenvalue weighted by Crippen LogP contribution is -1.90. The molecule has 6 rings (SSSR count). The summed E-state index contributed by atoms with van der Waals surface area (Å²) in [5, 5.41) is 5.75. The van der Waals surface area contributed by atoms with Crippen molar-refractivity contribution in [3.63, 3.8) is 0 Å². The monoisotopic (exact) mass is 466 g/mol. The van der Waals surface area contributed by atoms with Crippen molar-refractivity contribution in [1.82, 2.24) is 0 Å². The van der Waals surface area contributed by atoms with Crippen molar-refractivity contribution >= 4 is 45.3 Å². The average molecular weight is 467 g/mol. The second-order valence-electron chi connectivity index (χ2n) is 8.71. The number of benzene rings is 6. The molecule has 0 amide bonds. The lowest BCUT2D eigenvalue weighted by atomic mass is 9.86. The topological polar surface area (TPSA) is 0 Å². The zero-order valence-electron chi connectivity index (χ0n) is 19.2. The highest BCUT2D eigenvalue weighted by Crippen LogP contribution is 2.43. The van der Waals surface area contributed by atoms with Crippen LogP contribution in [0.4, 0.5) is 0 Å². The quantitative estimate of drug-likeness (QED) is 0.179. The molecule has 0 unspecified atom stereocenters. The van der Waals surface area contributed by atoms with E-state index in [4.69, 9.17) is 11.6 Å². The van der Waals surface area contributed by atoms with Gasteiger partial charge in [0, 0.05) is 5.02 Å². The van der Waals surface area contributed by atoms with Crippen LogP contribution in [-0.2, 0) is 0 Å². The Bertz CT molecular complexity index is 1600. The van der Waals surface area contributed by atoms with Crippen molar-refractivity contribution in [2.45, 2.75) is 0 Å². The van der Waals surface area contributed by atoms with E-state index >= 15 is 0 Å². The van der Waals surface area contributed by atoms with Crippen LogP contribution >= 0.6 is 11.6 Å². The summed E-state index contributed by atoms with van der Waals surface area (Å²) >= 11 is 6.21. The molecule has 0 saturated carbocycles. The zero-order valence-corrected chi connectivity index (χ0v) is 19.9. The van der Waals surface area contributed by atoms with Crippen LogP contribution in [0.3, 0.4) is 0 Å². The van der Waals surface area contributed by atoms with E-state index in [-0.39, 0.29) is 0 Å². The molecule has 0 spiro atoms. The van der Waals surface area contributed by atoms with Crippen molar-refractivity contribution in [3.8, 4) is 22.3 Å². The highest BCUT2D eigenvalue weighted by molar-refractivity contribution is 6.30. The first-order valence-electron chi connectivity index (χ1n) is 11.8. The van der Waals surface area contributed by atoms with E-state index in [1.54, 1.807) is 0 Å². The molecule has 0 fully saturated rings. The molecule has 0 aliphatic heterocycles. The average Bonchev–Trinajstić information content (AvgIpc) is 2.92. The van der Waals surface area contributed by atoms with Crippen molar-refractivity contribution in [1.29, 1.82) is 0 Å². The van der Waals surface area contributed by atoms with Gasteiger partial charge in [-0.15, -0.1) is 0 Å². The molecule has 0 saturated heterocycles. The number of hydrogen-bond acceptors (Lipinski definition) is 0. The molecule has 1 heteroatoms. The molecule has 6 aromatic rings. The van der Waals surface area contributed by atoms with Gasteiger partial charge in [-0.3, -0.25) is 0 Å². The Morgan fingerprint density at radius 1 is 0.371 bits per heavy atom. The summed E-state index contributed by atoms with van der Waals surface area (Å²) in [5.74, 6) is 0. The molecular weight excluding hydrogens is 444 g/mol. The highest BCUT2D eigenvalue weighted by Gasteiger charge is 2.16. The lowest BCUT2D eigenvalue weighted by Gasteiger charge is -2.17. The summed E-state index contributed by atoms with van der Waals surface area (Å²) < 4.78 is 0. The Balaban J connectivity index is 1.53. The van der Waals surface area contributed by atoms with E-state index in [1.165, 1.54) is 54.9 Å². The van der Waals surface area contributed by atoms with Crippen molar-refractivity contribution in [2.75, 3.05) is 0 Å². The predicted molar refractivity (Wildman–Crippen MR) is 153 cm³/mol. The normalized spacial score (nSPS) is 11.5. The number of halogens is 1. The molecule has 166 valence electrons. The van der Waals surface area contributed by atoms with Gasteiger partial charge in [-0.25, -0.2) is 0 Å². The minimum Gasteiger partial charge on any atom is -0.0843 e. The maximum atomic E-state index is 6.21. The van der Waals surface area contributed by atoms with Gasteiger partial charge in [-0.1, -0.05) is 139 Å². The first kappa shape index (κ1) is 21.4. The summed E-state index contributed by atoms with van der Waals surface area (Å²) in [6, 6.07) is 44.9. The summed E-state index contributed by atoms with van der Waals surface area (Å²) in [6.07, 6.45) is 4.32. The van der Waals surface area contributed by atoms with E-state index in [9.17, 15) is 0 Å². The third-order valence-corrected chi connectivity index (χ3v) is 6.78. The Hall–Kier alpha value is -4.13. The molecule has 0 nitrogen and oxygen atoms in total. The maximum absolute atomic E-state index is 6.21. The third kappa shape index (κ3) is 4.14. The molecule has 35 heavy (non-hydrogen) atoms. The number of rotatable bonds is 4. The van der Waals surface area contributed by atoms with E-state index in [0.29, 0.717) is 0 Å². The number of hydrogen-bond donors (Lipinski definition) is 0. The molecule has 0 aromatic heterocycles. The molecule has 0 aliphatic carbocycles. The van der Waals surface area contributed by atoms with Crippen LogP contribution in [0.1, 0.15) is 11.1 Å². The predicted octanol–water partition coefficient (Wildman–Crippen LogP) is 10.2. The van der Waals surface area contributed by atoms with E-state index < -0.39 is 0 Å². The maximum Gasteiger partial charge on any atom is 0.0406 e. The van der Waals surface area contributed by atoms with E-state index in [1.807, 2.05) is 18.2 Å². The van der Waals surface area contributed by atoms with Gasteiger partial charge in [0.2, 0.25) is 0 Å². The van der Waals surface area contributed by atoms with E-state index in [0.717, 1.165) is 5.02 Å². The van der Waals surface area contributed by atoms with Gasteiger partial charge < -0.3 is 0 Å². The third-order valence-electron chi connectivity index (χ3n) is 6.53. The Labute approximate surface area is 210 Å². The van der Waals surface area contributed by atoms with Gasteiger partial charge >= 0.3 is 0 Å². The summed E-state index contributed by atoms with van der Waals surface area (Å²) in [6.45, 7) is 0. The van der Waals surface area contributed by atoms with Gasteiger partial charge in [0.25, 0.3) is 0 Å². The summed E-state index contributed by atoms with van der Waals surface area (Å²) in [7, 11) is 0. The first-order valence-corrected chi connectivity index (χ1v) is 12.2. The van der Waals surface area contributed by atoms with Crippen LogP contribution in [-0.4, -0.2) is 0 Å². The van der Waals surface area contributed by atoms with Gasteiger partial charge in [0.15, 0.2) is 0 Å². The van der Waals surface area contributed by atoms with Gasteiger partial charge in [-0.2, -0.15) is 0 Å². The summed E-state index contributed by atoms with van der Waals surface area (Å²) in [4.78, 5) is 0. The van der Waals surface area contributed by atoms with Gasteiger partial charge in [-0.05, 0) is 67.1 Å². The molecule has 6 aromatic carbocycles. The minimum absolute atomic E-state index is 0.750. The fourth-order valence-corrected chi connectivity index (χ4v) is 5.01. The van der Waals surface area contributed by atoms with Gasteiger partial charge in [0.1, 0.15) is 0 Å². The van der Waals surface area contributed by atoms with Crippen LogP contribution in [0.2, 0.25) is 5.02 Å². The fraction of sp³-hybridized carbons (Fsp3) is 0. The molecule has 0 N–H and O–H groups in total. The second kappa shape index (κ2) is 9.25. The zero-order chi connectivity index (χ0) is 23.6. The Morgan fingerprint density at radius 3 is 1.20 bits per heavy atom. The second-order valence-corrected chi connectivity index (χ2v) is 9.15. The SMILES string of the molecule is Clc1ccc(-c2c3ccccc3c(-c3ccc(C=Cc4ccccc4)cc3)c3ccccc23)cc1. The lowest BCUT2D eigenvalue weighted by molar-refractivity contribution is 1.63. The Morgan fingerprint density at radius 2 is 0.743 bits per heavy atom. The number of fused-ring (bicyclic) bond motifs is 2. The Kier molecular flexibility index (Phi) is 5.66. The highest BCUT2D eigenvalue weighted by atomic mass is 35.5. The molecule has 0 bridgehead atoms. The van der Waals surface area contributed by atoms with Crippen molar-refractivity contribution in [3.05, 3.63) is 144 Å². The largest absolute Gasteiger partial charge is 0.0843 e. The van der Waals surface area contributed by atoms with Crippen molar-refractivity contribution < 1.29 is 0 Å². The molecule has 0 heterocycles. The molecule has 0 atom stereocenters. The fourth-order valence-electron chi connectivity index (χ4n) is 4.88. The smallest absolute Gasteiger partial charge is 0.0406 e. The first-order chi connectivity index (χ1) is 17.3. The van der Waals surface area contributed by atoms with Crippen LogP contribution < -0.4 is 0 Å². The molecule has 0 aliphatic rings. The summed E-state index contributed by atoms with van der Waals surface area (Å²) in [5.41, 5.74) is 7.30. The standard InChI is InChI=1S/C34H23Cl/c35-28-22-20-27(21-23-28)34-31-12-6-4-10-29(31)33(30-11-5-7-13-32(30)34)26-18-16-25(17-19-26)15-14-24-8-2-1-3-9-24/h1-23H. The minimum atomic E-state index is 0.750. The molecular formula is C34H23Cl. The molecule has 0 radical (unpaired) electrons. The van der Waals surface area contributed by atoms with E-state index in [2.05, 4.69) is 121 Å². The van der Waals surface area contributed by atoms with Crippen LogP contribution in [0.15, 0.2) is 127 Å².